The van der Waals surface area contributed by atoms with E-state index in [9.17, 15) is 14.0 Å². The average Bonchev–Trinajstić information content (AvgIpc) is 3.19. The second-order valence-electron chi connectivity index (χ2n) is 8.81. The van der Waals surface area contributed by atoms with Gasteiger partial charge in [-0.05, 0) is 49.2 Å². The summed E-state index contributed by atoms with van der Waals surface area (Å²) in [7, 11) is 1.53. The number of hydrogen-bond acceptors (Lipinski definition) is 6. The molecular formula is C30H26FNO5. The first kappa shape index (κ1) is 24.3. The minimum Gasteiger partial charge on any atom is -0.493 e. The van der Waals surface area contributed by atoms with E-state index in [2.05, 4.69) is 5.32 Å². The summed E-state index contributed by atoms with van der Waals surface area (Å²) >= 11 is 0. The quantitative estimate of drug-likeness (QED) is 0.430. The van der Waals surface area contributed by atoms with E-state index in [0.29, 0.717) is 45.2 Å². The van der Waals surface area contributed by atoms with Crippen LogP contribution >= 0.6 is 0 Å². The van der Waals surface area contributed by atoms with Crippen LogP contribution in [0, 0.1) is 5.82 Å². The Morgan fingerprint density at radius 3 is 2.43 bits per heavy atom. The van der Waals surface area contributed by atoms with Gasteiger partial charge < -0.3 is 19.5 Å². The molecule has 3 aromatic rings. The van der Waals surface area contributed by atoms with E-state index in [0.717, 1.165) is 11.1 Å². The molecule has 0 spiro atoms. The lowest BCUT2D eigenvalue weighted by Crippen LogP contribution is -2.29. The molecule has 2 aliphatic rings. The van der Waals surface area contributed by atoms with E-state index >= 15 is 0 Å². The predicted octanol–water partition coefficient (Wildman–Crippen LogP) is 5.54. The third-order valence-corrected chi connectivity index (χ3v) is 6.57. The highest BCUT2D eigenvalue weighted by molar-refractivity contribution is 6.23. The number of ether oxygens (including phenoxy) is 3. The van der Waals surface area contributed by atoms with Crippen molar-refractivity contribution in [3.8, 4) is 11.5 Å². The normalized spacial score (nSPS) is 16.2. The molecule has 0 amide bonds. The summed E-state index contributed by atoms with van der Waals surface area (Å²) in [4.78, 5) is 26.7. The van der Waals surface area contributed by atoms with Gasteiger partial charge in [0.05, 0.1) is 25.0 Å². The van der Waals surface area contributed by atoms with Gasteiger partial charge in [0.2, 0.25) is 0 Å². The van der Waals surface area contributed by atoms with Gasteiger partial charge in [-0.15, -0.1) is 0 Å². The zero-order valence-electron chi connectivity index (χ0n) is 20.8. The van der Waals surface area contributed by atoms with Crippen LogP contribution in [0.2, 0.25) is 0 Å². The molecular weight excluding hydrogens is 473 g/mol. The van der Waals surface area contributed by atoms with Gasteiger partial charge in [-0.1, -0.05) is 42.5 Å². The number of dihydropyridines is 1. The van der Waals surface area contributed by atoms with Gasteiger partial charge in [0.1, 0.15) is 12.4 Å². The van der Waals surface area contributed by atoms with Crippen molar-refractivity contribution in [2.75, 3.05) is 13.7 Å². The predicted molar refractivity (Wildman–Crippen MR) is 137 cm³/mol. The second-order valence-corrected chi connectivity index (χ2v) is 8.81. The number of halogens is 1. The maximum absolute atomic E-state index is 13.6. The summed E-state index contributed by atoms with van der Waals surface area (Å²) in [5.74, 6) is -0.653. The Morgan fingerprint density at radius 1 is 1.00 bits per heavy atom. The molecule has 5 rings (SSSR count). The molecule has 37 heavy (non-hydrogen) atoms. The van der Waals surface area contributed by atoms with Gasteiger partial charge in [-0.3, -0.25) is 4.79 Å². The Kier molecular flexibility index (Phi) is 6.53. The summed E-state index contributed by atoms with van der Waals surface area (Å²) < 4.78 is 30.2. The molecule has 6 nitrogen and oxygen atoms in total. The molecule has 1 N–H and O–H groups in total. The lowest BCUT2D eigenvalue weighted by Gasteiger charge is -2.29. The number of methoxy groups -OCH3 is 1. The molecule has 1 aliphatic carbocycles. The highest BCUT2D eigenvalue weighted by Gasteiger charge is 2.43. The summed E-state index contributed by atoms with van der Waals surface area (Å²) in [6.07, 6.45) is 0. The SMILES string of the molecule is CCOC(=O)C1=C(C)NC2=C(C(=O)c3ccccc32)[C@H]1c1ccc(OCc2ccc(F)cc2)c(OC)c1. The minimum atomic E-state index is -0.657. The molecule has 3 aromatic carbocycles. The number of Topliss-reactive ketones (excluding diaryl/α,β-unsaturated/α-hetero) is 1. The number of esters is 1. The summed E-state index contributed by atoms with van der Waals surface area (Å²) in [6, 6.07) is 18.8. The Hall–Kier alpha value is -4.39. The fraction of sp³-hybridized carbons (Fsp3) is 0.200. The first-order valence-electron chi connectivity index (χ1n) is 12.0. The van der Waals surface area contributed by atoms with Crippen LogP contribution in [-0.4, -0.2) is 25.5 Å². The van der Waals surface area contributed by atoms with E-state index in [1.54, 1.807) is 37.3 Å². The van der Waals surface area contributed by atoms with Crippen LogP contribution in [-0.2, 0) is 16.1 Å². The number of ketones is 1. The van der Waals surface area contributed by atoms with Crippen molar-refractivity contribution >= 4 is 17.4 Å². The van der Waals surface area contributed by atoms with Gasteiger partial charge in [-0.25, -0.2) is 9.18 Å². The third-order valence-electron chi connectivity index (χ3n) is 6.57. The third kappa shape index (κ3) is 4.37. The van der Waals surface area contributed by atoms with Crippen LogP contribution in [0.4, 0.5) is 4.39 Å². The molecule has 0 saturated carbocycles. The smallest absolute Gasteiger partial charge is 0.336 e. The Bertz CT molecular complexity index is 1460. The number of carbonyl (C=O) groups excluding carboxylic acids is 2. The van der Waals surface area contributed by atoms with Crippen LogP contribution in [0.3, 0.4) is 0 Å². The van der Waals surface area contributed by atoms with E-state index in [1.165, 1.54) is 19.2 Å². The largest absolute Gasteiger partial charge is 0.493 e. The monoisotopic (exact) mass is 499 g/mol. The van der Waals surface area contributed by atoms with Gasteiger partial charge >= 0.3 is 5.97 Å². The number of hydrogen-bond donors (Lipinski definition) is 1. The Morgan fingerprint density at radius 2 is 1.73 bits per heavy atom. The molecule has 0 aromatic heterocycles. The first-order valence-corrected chi connectivity index (χ1v) is 12.0. The second kappa shape index (κ2) is 9.93. The molecule has 0 saturated heterocycles. The van der Waals surface area contributed by atoms with Crippen LogP contribution in [0.25, 0.3) is 5.70 Å². The number of nitrogens with one attached hydrogen (secondary N) is 1. The molecule has 0 bridgehead atoms. The average molecular weight is 500 g/mol. The van der Waals surface area contributed by atoms with Gasteiger partial charge in [0.15, 0.2) is 17.3 Å². The molecule has 0 unspecified atom stereocenters. The lowest BCUT2D eigenvalue weighted by atomic mass is 9.79. The molecule has 7 heteroatoms. The molecule has 1 atom stereocenters. The molecule has 1 heterocycles. The standard InChI is InChI=1S/C30H26FNO5/c1-4-36-30(34)25-17(2)32-28-21-7-5-6-8-22(21)29(33)27(28)26(25)19-11-14-23(24(15-19)35-3)37-16-18-9-12-20(31)13-10-18/h5-15,26,32H,4,16H2,1-3H3/t26-/m0/s1. The zero-order chi connectivity index (χ0) is 26.1. The van der Waals surface area contributed by atoms with Crippen molar-refractivity contribution in [2.24, 2.45) is 0 Å². The van der Waals surface area contributed by atoms with Crippen molar-refractivity contribution in [1.29, 1.82) is 0 Å². The van der Waals surface area contributed by atoms with Crippen LogP contribution in [0.5, 0.6) is 11.5 Å². The molecule has 1 aliphatic heterocycles. The van der Waals surface area contributed by atoms with E-state index in [4.69, 9.17) is 14.2 Å². The fourth-order valence-corrected chi connectivity index (χ4v) is 4.87. The van der Waals surface area contributed by atoms with Gasteiger partial charge in [0, 0.05) is 28.3 Å². The topological polar surface area (TPSA) is 73.9 Å². The Balaban J connectivity index is 1.56. The van der Waals surface area contributed by atoms with Crippen LogP contribution < -0.4 is 14.8 Å². The van der Waals surface area contributed by atoms with Gasteiger partial charge in [0.25, 0.3) is 0 Å². The van der Waals surface area contributed by atoms with Crippen LogP contribution in [0.1, 0.15) is 46.8 Å². The van der Waals surface area contributed by atoms with Crippen molar-refractivity contribution in [3.05, 3.63) is 112 Å². The number of allylic oxidation sites excluding steroid dienone is 2. The highest BCUT2D eigenvalue weighted by Crippen LogP contribution is 2.48. The van der Waals surface area contributed by atoms with Gasteiger partial charge in [-0.2, -0.15) is 0 Å². The maximum Gasteiger partial charge on any atom is 0.336 e. The number of rotatable bonds is 7. The maximum atomic E-state index is 13.6. The Labute approximate surface area is 214 Å². The number of carbonyl (C=O) groups is 2. The first-order chi connectivity index (χ1) is 17.9. The lowest BCUT2D eigenvalue weighted by molar-refractivity contribution is -0.138. The van der Waals surface area contributed by atoms with Crippen molar-refractivity contribution < 1.29 is 28.2 Å². The van der Waals surface area contributed by atoms with E-state index in [-0.39, 0.29) is 24.8 Å². The number of fused-ring (bicyclic) bond motifs is 2. The summed E-state index contributed by atoms with van der Waals surface area (Å²) in [6.45, 7) is 3.99. The molecule has 0 fully saturated rings. The fourth-order valence-electron chi connectivity index (χ4n) is 4.87. The van der Waals surface area contributed by atoms with E-state index in [1.807, 2.05) is 31.2 Å². The van der Waals surface area contributed by atoms with E-state index < -0.39 is 11.9 Å². The zero-order valence-corrected chi connectivity index (χ0v) is 20.8. The number of benzene rings is 3. The van der Waals surface area contributed by atoms with Crippen molar-refractivity contribution in [2.45, 2.75) is 26.4 Å². The van der Waals surface area contributed by atoms with Crippen LogP contribution in [0.15, 0.2) is 83.6 Å². The minimum absolute atomic E-state index is 0.131. The highest BCUT2D eigenvalue weighted by atomic mass is 19.1. The molecule has 188 valence electrons. The summed E-state index contributed by atoms with van der Waals surface area (Å²) in [5, 5.41) is 3.29. The van der Waals surface area contributed by atoms with Crippen molar-refractivity contribution in [1.82, 2.24) is 5.32 Å². The summed E-state index contributed by atoms with van der Waals surface area (Å²) in [5.41, 5.74) is 5.10. The van der Waals surface area contributed by atoms with Crippen molar-refractivity contribution in [3.63, 3.8) is 0 Å². The molecule has 0 radical (unpaired) electrons.